The van der Waals surface area contributed by atoms with Crippen LogP contribution in [0.1, 0.15) is 28.9 Å². The molecule has 0 saturated carbocycles. The SMILES string of the molecule is CC(=O)NCC(O)C(O)c1cc(C=O)ccc1Cl. The summed E-state index contributed by atoms with van der Waals surface area (Å²) in [5.74, 6) is -0.311. The van der Waals surface area contributed by atoms with Crippen LogP contribution in [0.5, 0.6) is 0 Å². The number of aliphatic hydroxyl groups excluding tert-OH is 2. The lowest BCUT2D eigenvalue weighted by atomic mass is 10.0. The highest BCUT2D eigenvalue weighted by atomic mass is 35.5. The molecule has 0 fully saturated rings. The Labute approximate surface area is 109 Å². The van der Waals surface area contributed by atoms with Crippen molar-refractivity contribution >= 4 is 23.8 Å². The van der Waals surface area contributed by atoms with Gasteiger partial charge in [0.1, 0.15) is 18.5 Å². The molecule has 1 aromatic rings. The lowest BCUT2D eigenvalue weighted by Gasteiger charge is -2.19. The van der Waals surface area contributed by atoms with Crippen LogP contribution >= 0.6 is 11.6 Å². The summed E-state index contributed by atoms with van der Waals surface area (Å²) < 4.78 is 0. The van der Waals surface area contributed by atoms with Gasteiger partial charge in [-0.2, -0.15) is 0 Å². The van der Waals surface area contributed by atoms with Crippen molar-refractivity contribution in [2.24, 2.45) is 0 Å². The van der Waals surface area contributed by atoms with E-state index in [9.17, 15) is 19.8 Å². The van der Waals surface area contributed by atoms with E-state index < -0.39 is 12.2 Å². The highest BCUT2D eigenvalue weighted by molar-refractivity contribution is 6.31. The average molecular weight is 272 g/mol. The van der Waals surface area contributed by atoms with Gasteiger partial charge in [-0.15, -0.1) is 0 Å². The number of nitrogens with one attached hydrogen (secondary N) is 1. The number of rotatable bonds is 5. The van der Waals surface area contributed by atoms with Crippen LogP contribution in [0.25, 0.3) is 0 Å². The molecule has 1 amide bonds. The number of carbonyl (C=O) groups is 2. The zero-order valence-electron chi connectivity index (χ0n) is 9.76. The molecule has 2 atom stereocenters. The van der Waals surface area contributed by atoms with Crippen molar-refractivity contribution < 1.29 is 19.8 Å². The molecule has 0 aromatic heterocycles. The molecule has 6 heteroatoms. The van der Waals surface area contributed by atoms with E-state index >= 15 is 0 Å². The Bertz CT molecular complexity index is 450. The summed E-state index contributed by atoms with van der Waals surface area (Å²) in [6.07, 6.45) is -1.86. The number of halogens is 1. The van der Waals surface area contributed by atoms with E-state index in [1.165, 1.54) is 25.1 Å². The topological polar surface area (TPSA) is 86.6 Å². The Morgan fingerprint density at radius 3 is 2.72 bits per heavy atom. The van der Waals surface area contributed by atoms with Crippen LogP contribution in [0.3, 0.4) is 0 Å². The fourth-order valence-electron chi connectivity index (χ4n) is 1.43. The van der Waals surface area contributed by atoms with Crippen LogP contribution in [0.2, 0.25) is 5.02 Å². The van der Waals surface area contributed by atoms with Crippen molar-refractivity contribution in [1.82, 2.24) is 5.32 Å². The minimum atomic E-state index is -1.27. The number of hydrogen-bond acceptors (Lipinski definition) is 4. The number of aldehydes is 1. The van der Waals surface area contributed by atoms with E-state index in [1.54, 1.807) is 0 Å². The largest absolute Gasteiger partial charge is 0.388 e. The quantitative estimate of drug-likeness (QED) is 0.688. The van der Waals surface area contributed by atoms with Crippen LogP contribution in [0.4, 0.5) is 0 Å². The van der Waals surface area contributed by atoms with Gasteiger partial charge in [-0.25, -0.2) is 0 Å². The first-order valence-electron chi connectivity index (χ1n) is 5.31. The fraction of sp³-hybridized carbons (Fsp3) is 0.333. The Hall–Kier alpha value is -1.43. The Balaban J connectivity index is 2.84. The lowest BCUT2D eigenvalue weighted by molar-refractivity contribution is -0.119. The van der Waals surface area contributed by atoms with Crippen molar-refractivity contribution in [3.63, 3.8) is 0 Å². The number of aliphatic hydroxyl groups is 2. The van der Waals surface area contributed by atoms with E-state index in [-0.39, 0.29) is 23.0 Å². The molecule has 0 aliphatic rings. The highest BCUT2D eigenvalue weighted by Crippen LogP contribution is 2.26. The number of benzene rings is 1. The summed E-state index contributed by atoms with van der Waals surface area (Å²) in [7, 11) is 0. The van der Waals surface area contributed by atoms with Crippen molar-refractivity contribution in [2.75, 3.05) is 6.54 Å². The minimum absolute atomic E-state index is 0.0991. The molecular formula is C12H14ClNO4. The molecule has 5 nitrogen and oxygen atoms in total. The fourth-order valence-corrected chi connectivity index (χ4v) is 1.66. The average Bonchev–Trinajstić information content (AvgIpc) is 2.35. The van der Waals surface area contributed by atoms with Gasteiger partial charge in [0.15, 0.2) is 0 Å². The monoisotopic (exact) mass is 271 g/mol. The number of hydrogen-bond donors (Lipinski definition) is 3. The first kappa shape index (κ1) is 14.6. The summed E-state index contributed by atoms with van der Waals surface area (Å²) in [5.41, 5.74) is 0.597. The second-order valence-corrected chi connectivity index (χ2v) is 4.26. The summed E-state index contributed by atoms with van der Waals surface area (Å²) in [5, 5.41) is 22.2. The van der Waals surface area contributed by atoms with E-state index in [1.807, 2.05) is 0 Å². The molecule has 98 valence electrons. The van der Waals surface area contributed by atoms with E-state index in [0.717, 1.165) is 0 Å². The molecule has 1 rings (SSSR count). The minimum Gasteiger partial charge on any atom is -0.388 e. The summed E-state index contributed by atoms with van der Waals surface area (Å²) in [6, 6.07) is 4.37. The van der Waals surface area contributed by atoms with Gasteiger partial charge in [0, 0.05) is 29.6 Å². The second-order valence-electron chi connectivity index (χ2n) is 3.85. The lowest BCUT2D eigenvalue weighted by Crippen LogP contribution is -2.34. The maximum Gasteiger partial charge on any atom is 0.216 e. The van der Waals surface area contributed by atoms with Gasteiger partial charge in [0.2, 0.25) is 5.91 Å². The van der Waals surface area contributed by atoms with Gasteiger partial charge in [0.25, 0.3) is 0 Å². The molecule has 1 aromatic carbocycles. The first-order valence-corrected chi connectivity index (χ1v) is 5.68. The van der Waals surface area contributed by atoms with Gasteiger partial charge < -0.3 is 15.5 Å². The van der Waals surface area contributed by atoms with Gasteiger partial charge in [-0.3, -0.25) is 9.59 Å². The van der Waals surface area contributed by atoms with E-state index in [2.05, 4.69) is 5.32 Å². The molecule has 0 spiro atoms. The Morgan fingerprint density at radius 2 is 2.17 bits per heavy atom. The maximum atomic E-state index is 10.7. The van der Waals surface area contributed by atoms with Gasteiger partial charge >= 0.3 is 0 Å². The third-order valence-corrected chi connectivity index (χ3v) is 2.74. The summed E-state index contributed by atoms with van der Waals surface area (Å²) >= 11 is 5.88. The van der Waals surface area contributed by atoms with E-state index in [0.29, 0.717) is 11.8 Å². The van der Waals surface area contributed by atoms with Crippen LogP contribution in [0.15, 0.2) is 18.2 Å². The molecule has 0 radical (unpaired) electrons. The number of amides is 1. The number of carbonyl (C=O) groups excluding carboxylic acids is 2. The summed E-state index contributed by atoms with van der Waals surface area (Å²) in [4.78, 5) is 21.3. The third kappa shape index (κ3) is 3.80. The highest BCUT2D eigenvalue weighted by Gasteiger charge is 2.21. The molecular weight excluding hydrogens is 258 g/mol. The van der Waals surface area contributed by atoms with Gasteiger partial charge in [0.05, 0.1) is 0 Å². The molecule has 0 aliphatic carbocycles. The van der Waals surface area contributed by atoms with E-state index in [4.69, 9.17) is 11.6 Å². The van der Waals surface area contributed by atoms with Crippen molar-refractivity contribution in [2.45, 2.75) is 19.1 Å². The zero-order chi connectivity index (χ0) is 13.7. The van der Waals surface area contributed by atoms with Gasteiger partial charge in [-0.1, -0.05) is 17.7 Å². The molecule has 3 N–H and O–H groups in total. The van der Waals surface area contributed by atoms with Gasteiger partial charge in [-0.05, 0) is 12.1 Å². The summed E-state index contributed by atoms with van der Waals surface area (Å²) in [6.45, 7) is 1.21. The maximum absolute atomic E-state index is 10.7. The standard InChI is InChI=1S/C12H14ClNO4/c1-7(16)14-5-11(17)12(18)9-4-8(6-15)2-3-10(9)13/h2-4,6,11-12,17-18H,5H2,1H3,(H,14,16). The van der Waals surface area contributed by atoms with Crippen LogP contribution in [0, 0.1) is 0 Å². The Morgan fingerprint density at radius 1 is 1.50 bits per heavy atom. The van der Waals surface area contributed by atoms with Crippen molar-refractivity contribution in [3.8, 4) is 0 Å². The third-order valence-electron chi connectivity index (χ3n) is 2.40. The normalized spacial score (nSPS) is 13.8. The predicted octanol–water partition coefficient (Wildman–Crippen LogP) is 0.683. The zero-order valence-corrected chi connectivity index (χ0v) is 10.5. The predicted molar refractivity (Wildman–Crippen MR) is 66.5 cm³/mol. The van der Waals surface area contributed by atoms with Crippen LogP contribution < -0.4 is 5.32 Å². The van der Waals surface area contributed by atoms with Crippen LogP contribution in [-0.4, -0.2) is 35.1 Å². The molecule has 0 saturated heterocycles. The Kier molecular flexibility index (Phi) is 5.27. The van der Waals surface area contributed by atoms with Crippen molar-refractivity contribution in [3.05, 3.63) is 34.3 Å². The van der Waals surface area contributed by atoms with Crippen molar-refractivity contribution in [1.29, 1.82) is 0 Å². The molecule has 0 aliphatic heterocycles. The molecule has 0 heterocycles. The first-order chi connectivity index (χ1) is 8.45. The smallest absolute Gasteiger partial charge is 0.216 e. The molecule has 18 heavy (non-hydrogen) atoms. The van der Waals surface area contributed by atoms with Crippen LogP contribution in [-0.2, 0) is 4.79 Å². The second kappa shape index (κ2) is 6.49. The molecule has 2 unspecified atom stereocenters. The molecule has 0 bridgehead atoms.